The third kappa shape index (κ3) is 2.82. The first kappa shape index (κ1) is 13.3. The summed E-state index contributed by atoms with van der Waals surface area (Å²) in [4.78, 5) is 21.4. The van der Waals surface area contributed by atoms with Crippen LogP contribution >= 0.6 is 0 Å². The topological polar surface area (TPSA) is 102 Å². The molecule has 7 heteroatoms. The molecule has 1 aliphatic heterocycles. The molecule has 2 unspecified atom stereocenters. The number of hydrogen-bond acceptors (Lipinski definition) is 5. The molecule has 0 aliphatic carbocycles. The summed E-state index contributed by atoms with van der Waals surface area (Å²) in [6.45, 7) is 2.08. The van der Waals surface area contributed by atoms with Crippen molar-refractivity contribution < 1.29 is 19.6 Å². The highest BCUT2D eigenvalue weighted by atomic mass is 16.6. The van der Waals surface area contributed by atoms with Crippen LogP contribution < -0.4 is 5.32 Å². The Morgan fingerprint density at radius 2 is 2.26 bits per heavy atom. The van der Waals surface area contributed by atoms with Gasteiger partial charge in [0.05, 0.1) is 24.2 Å². The third-order valence-corrected chi connectivity index (χ3v) is 3.16. The molecule has 0 radical (unpaired) electrons. The van der Waals surface area contributed by atoms with E-state index in [1.807, 2.05) is 0 Å². The minimum Gasteiger partial charge on any atom is -0.481 e. The van der Waals surface area contributed by atoms with E-state index in [-0.39, 0.29) is 24.9 Å². The zero-order valence-electron chi connectivity index (χ0n) is 10.3. The van der Waals surface area contributed by atoms with Crippen LogP contribution in [-0.4, -0.2) is 35.3 Å². The molecule has 0 amide bonds. The fourth-order valence-corrected chi connectivity index (χ4v) is 2.05. The molecular weight excluding hydrogens is 252 g/mol. The molecule has 19 heavy (non-hydrogen) atoms. The first-order chi connectivity index (χ1) is 8.99. The molecule has 1 aromatic rings. The molecule has 0 aromatic heterocycles. The molecule has 2 atom stereocenters. The predicted octanol–water partition coefficient (Wildman–Crippen LogP) is 1.41. The largest absolute Gasteiger partial charge is 0.481 e. The van der Waals surface area contributed by atoms with E-state index in [0.717, 1.165) is 0 Å². The monoisotopic (exact) mass is 266 g/mol. The van der Waals surface area contributed by atoms with Gasteiger partial charge in [-0.2, -0.15) is 0 Å². The normalized spacial score (nSPS) is 22.2. The Morgan fingerprint density at radius 1 is 1.53 bits per heavy atom. The summed E-state index contributed by atoms with van der Waals surface area (Å²) in [5.74, 6) is -1.57. The van der Waals surface area contributed by atoms with E-state index in [9.17, 15) is 14.9 Å². The van der Waals surface area contributed by atoms with Gasteiger partial charge in [0.1, 0.15) is 5.92 Å². The Kier molecular flexibility index (Phi) is 3.66. The second kappa shape index (κ2) is 5.23. The highest BCUT2D eigenvalue weighted by Gasteiger charge is 2.34. The SMILES string of the molecule is Cc1ccc(NC2COCC2C(=O)O)cc1[N+](=O)[O-]. The van der Waals surface area contributed by atoms with E-state index in [0.29, 0.717) is 11.3 Å². The maximum atomic E-state index is 11.0. The summed E-state index contributed by atoms with van der Waals surface area (Å²) < 4.78 is 5.13. The molecule has 1 saturated heterocycles. The lowest BCUT2D eigenvalue weighted by Gasteiger charge is -2.17. The number of carboxylic acids is 1. The molecule has 7 nitrogen and oxygen atoms in total. The number of carboxylic acid groups (broad SMARTS) is 1. The molecule has 1 fully saturated rings. The van der Waals surface area contributed by atoms with Gasteiger partial charge in [-0.25, -0.2) is 0 Å². The number of benzene rings is 1. The third-order valence-electron chi connectivity index (χ3n) is 3.16. The first-order valence-electron chi connectivity index (χ1n) is 5.81. The van der Waals surface area contributed by atoms with Crippen LogP contribution in [0.25, 0.3) is 0 Å². The van der Waals surface area contributed by atoms with Crippen molar-refractivity contribution in [2.75, 3.05) is 18.5 Å². The van der Waals surface area contributed by atoms with Gasteiger partial charge in [-0.05, 0) is 13.0 Å². The number of nitro groups is 1. The zero-order chi connectivity index (χ0) is 14.0. The number of aryl methyl sites for hydroxylation is 1. The minimum atomic E-state index is -0.934. The van der Waals surface area contributed by atoms with Crippen molar-refractivity contribution in [2.45, 2.75) is 13.0 Å². The number of ether oxygens (including phenoxy) is 1. The highest BCUT2D eigenvalue weighted by Crippen LogP contribution is 2.25. The number of anilines is 1. The van der Waals surface area contributed by atoms with Crippen molar-refractivity contribution in [3.8, 4) is 0 Å². The van der Waals surface area contributed by atoms with Gasteiger partial charge in [-0.3, -0.25) is 14.9 Å². The van der Waals surface area contributed by atoms with Crippen LogP contribution in [0.1, 0.15) is 5.56 Å². The molecule has 102 valence electrons. The summed E-state index contributed by atoms with van der Waals surface area (Å²) in [5.41, 5.74) is 1.10. The van der Waals surface area contributed by atoms with Gasteiger partial charge in [0.25, 0.3) is 5.69 Å². The van der Waals surface area contributed by atoms with Crippen LogP contribution in [0.5, 0.6) is 0 Å². The summed E-state index contributed by atoms with van der Waals surface area (Å²) in [7, 11) is 0. The van der Waals surface area contributed by atoms with Crippen molar-refractivity contribution in [3.05, 3.63) is 33.9 Å². The van der Waals surface area contributed by atoms with E-state index in [1.54, 1.807) is 19.1 Å². The van der Waals surface area contributed by atoms with Gasteiger partial charge < -0.3 is 15.2 Å². The molecule has 2 rings (SSSR count). The van der Waals surface area contributed by atoms with Crippen molar-refractivity contribution in [2.24, 2.45) is 5.92 Å². The average molecular weight is 266 g/mol. The van der Waals surface area contributed by atoms with Crippen LogP contribution in [0.15, 0.2) is 18.2 Å². The number of rotatable bonds is 4. The fraction of sp³-hybridized carbons (Fsp3) is 0.417. The second-order valence-corrected chi connectivity index (χ2v) is 4.49. The predicted molar refractivity (Wildman–Crippen MR) is 67.2 cm³/mol. The lowest BCUT2D eigenvalue weighted by molar-refractivity contribution is -0.385. The van der Waals surface area contributed by atoms with Crippen LogP contribution in [0.4, 0.5) is 11.4 Å². The van der Waals surface area contributed by atoms with E-state index in [1.165, 1.54) is 6.07 Å². The van der Waals surface area contributed by atoms with Crippen LogP contribution in [0.2, 0.25) is 0 Å². The van der Waals surface area contributed by atoms with Crippen LogP contribution in [0, 0.1) is 23.0 Å². The Morgan fingerprint density at radius 3 is 2.89 bits per heavy atom. The molecule has 0 saturated carbocycles. The summed E-state index contributed by atoms with van der Waals surface area (Å²) in [6.07, 6.45) is 0. The van der Waals surface area contributed by atoms with Crippen molar-refractivity contribution in [1.29, 1.82) is 0 Å². The highest BCUT2D eigenvalue weighted by molar-refractivity contribution is 5.72. The van der Waals surface area contributed by atoms with Gasteiger partial charge in [-0.1, -0.05) is 6.07 Å². The molecule has 0 spiro atoms. The fourth-order valence-electron chi connectivity index (χ4n) is 2.05. The maximum absolute atomic E-state index is 11.0. The van der Waals surface area contributed by atoms with Gasteiger partial charge in [0.15, 0.2) is 0 Å². The number of hydrogen-bond donors (Lipinski definition) is 2. The van der Waals surface area contributed by atoms with Crippen molar-refractivity contribution in [3.63, 3.8) is 0 Å². The Labute approximate surface area is 109 Å². The number of nitrogens with zero attached hydrogens (tertiary/aromatic N) is 1. The first-order valence-corrected chi connectivity index (χ1v) is 5.81. The van der Waals surface area contributed by atoms with Gasteiger partial charge >= 0.3 is 5.97 Å². The Balaban J connectivity index is 2.17. The molecule has 0 bridgehead atoms. The van der Waals surface area contributed by atoms with Gasteiger partial charge in [0, 0.05) is 17.3 Å². The molecule has 2 N–H and O–H groups in total. The number of nitro benzene ring substituents is 1. The Hall–Kier alpha value is -2.15. The quantitative estimate of drug-likeness (QED) is 0.631. The second-order valence-electron chi connectivity index (χ2n) is 4.49. The maximum Gasteiger partial charge on any atom is 0.311 e. The smallest absolute Gasteiger partial charge is 0.311 e. The Bertz CT molecular complexity index is 517. The van der Waals surface area contributed by atoms with Crippen LogP contribution in [-0.2, 0) is 9.53 Å². The summed E-state index contributed by atoms with van der Waals surface area (Å²) in [5, 5.41) is 22.8. The van der Waals surface area contributed by atoms with Crippen molar-refractivity contribution >= 4 is 17.3 Å². The lowest BCUT2D eigenvalue weighted by atomic mass is 10.0. The molecule has 1 heterocycles. The summed E-state index contributed by atoms with van der Waals surface area (Å²) in [6, 6.07) is 4.36. The molecular formula is C12H14N2O5. The zero-order valence-corrected chi connectivity index (χ0v) is 10.3. The number of carbonyl (C=O) groups is 1. The van der Waals surface area contributed by atoms with E-state index < -0.39 is 16.8 Å². The van der Waals surface area contributed by atoms with E-state index in [2.05, 4.69) is 5.32 Å². The van der Waals surface area contributed by atoms with Gasteiger partial charge in [-0.15, -0.1) is 0 Å². The van der Waals surface area contributed by atoms with Crippen molar-refractivity contribution in [1.82, 2.24) is 0 Å². The lowest BCUT2D eigenvalue weighted by Crippen LogP contribution is -2.33. The van der Waals surface area contributed by atoms with Crippen LogP contribution in [0.3, 0.4) is 0 Å². The summed E-state index contributed by atoms with van der Waals surface area (Å²) >= 11 is 0. The standard InChI is InChI=1S/C12H14N2O5/c1-7-2-3-8(4-11(7)14(17)18)13-10-6-19-5-9(10)12(15)16/h2-4,9-10,13H,5-6H2,1H3,(H,15,16). The van der Waals surface area contributed by atoms with E-state index >= 15 is 0 Å². The van der Waals surface area contributed by atoms with Gasteiger partial charge in [0.2, 0.25) is 0 Å². The number of nitrogens with one attached hydrogen (secondary N) is 1. The molecule has 1 aliphatic rings. The van der Waals surface area contributed by atoms with E-state index in [4.69, 9.17) is 9.84 Å². The minimum absolute atomic E-state index is 0.00999. The molecule has 1 aromatic carbocycles. The average Bonchev–Trinajstić information content (AvgIpc) is 2.79. The number of aliphatic carboxylic acids is 1.